The molecule has 0 aliphatic carbocycles. The lowest BCUT2D eigenvalue weighted by atomic mass is 10.1. The van der Waals surface area contributed by atoms with Crippen molar-refractivity contribution >= 4 is 25.9 Å². The predicted octanol–water partition coefficient (Wildman–Crippen LogP) is 2.31. The summed E-state index contributed by atoms with van der Waals surface area (Å²) in [6.07, 6.45) is 2.82. The Hall–Kier alpha value is -0.910. The van der Waals surface area contributed by atoms with Crippen molar-refractivity contribution in [3.05, 3.63) is 17.0 Å². The third-order valence-electron chi connectivity index (χ3n) is 4.62. The third kappa shape index (κ3) is 7.37. The highest BCUT2D eigenvalue weighted by molar-refractivity contribution is 7.71. The van der Waals surface area contributed by atoms with Crippen LogP contribution in [0.5, 0.6) is 0 Å². The van der Waals surface area contributed by atoms with Gasteiger partial charge in [-0.05, 0) is 24.7 Å². The summed E-state index contributed by atoms with van der Waals surface area (Å²) < 4.78 is 28.9. The Kier molecular flexibility index (Phi) is 9.64. The molecule has 166 valence electrons. The Balaban J connectivity index is 1.80. The summed E-state index contributed by atoms with van der Waals surface area (Å²) in [7, 11) is -4.29. The van der Waals surface area contributed by atoms with Crippen molar-refractivity contribution in [3.63, 3.8) is 0 Å². The van der Waals surface area contributed by atoms with Crippen molar-refractivity contribution in [2.45, 2.75) is 70.0 Å². The summed E-state index contributed by atoms with van der Waals surface area (Å²) in [6.45, 7) is 1.80. The molecule has 1 saturated heterocycles. The molecule has 0 bridgehead atoms. The minimum atomic E-state index is -4.29. The minimum absolute atomic E-state index is 0.0675. The molecule has 29 heavy (non-hydrogen) atoms. The van der Waals surface area contributed by atoms with Crippen LogP contribution in [0.15, 0.2) is 12.3 Å². The number of ether oxygens (including phenoxy) is 1. The molecule has 1 fully saturated rings. The van der Waals surface area contributed by atoms with E-state index in [1.807, 2.05) is 0 Å². The normalized spacial score (nSPS) is 26.5. The fourth-order valence-corrected chi connectivity index (χ4v) is 4.02. The average molecular weight is 451 g/mol. The molecule has 12 heteroatoms. The van der Waals surface area contributed by atoms with E-state index in [1.165, 1.54) is 23.3 Å². The average Bonchev–Trinajstić information content (AvgIpc) is 2.94. The standard InChI is InChI=1S/C17H30N3O7PS/c1-2-3-4-5-6-7-10-25-28(23,24)26-11-12-14(21)15(22)16(27-12)20-9-8-13(18)19-17(20)29/h8-9,12,14-16,21-22H,2-7,10-11H2,1H3,(H,23,24)(H2,18,19,29)/t12-,14-,15+,16-/m1/s1. The molecule has 1 unspecified atom stereocenters. The van der Waals surface area contributed by atoms with Crippen LogP contribution in [0.2, 0.25) is 0 Å². The van der Waals surface area contributed by atoms with Gasteiger partial charge in [0.05, 0.1) is 13.2 Å². The maximum atomic E-state index is 12.0. The molecule has 5 atom stereocenters. The molecule has 1 aromatic heterocycles. The highest BCUT2D eigenvalue weighted by Crippen LogP contribution is 2.44. The fraction of sp³-hybridized carbons (Fsp3) is 0.765. The molecule has 0 amide bonds. The Morgan fingerprint density at radius 3 is 2.62 bits per heavy atom. The van der Waals surface area contributed by atoms with Crippen molar-refractivity contribution in [2.75, 3.05) is 18.9 Å². The number of phosphoric ester groups is 1. The Morgan fingerprint density at radius 1 is 1.24 bits per heavy atom. The van der Waals surface area contributed by atoms with E-state index >= 15 is 0 Å². The van der Waals surface area contributed by atoms with Crippen LogP contribution in [0, 0.1) is 4.77 Å². The first-order valence-electron chi connectivity index (χ1n) is 9.73. The van der Waals surface area contributed by atoms with E-state index < -0.39 is 39.0 Å². The largest absolute Gasteiger partial charge is 0.472 e. The second kappa shape index (κ2) is 11.5. The third-order valence-corrected chi connectivity index (χ3v) is 5.90. The molecular formula is C17H30N3O7PS. The van der Waals surface area contributed by atoms with E-state index in [4.69, 9.17) is 31.7 Å². The molecule has 0 saturated carbocycles. The first-order chi connectivity index (χ1) is 13.7. The van der Waals surface area contributed by atoms with Crippen molar-refractivity contribution < 1.29 is 33.5 Å². The fourth-order valence-electron chi connectivity index (χ4n) is 2.98. The monoisotopic (exact) mass is 451 g/mol. The van der Waals surface area contributed by atoms with Gasteiger partial charge in [0, 0.05) is 6.20 Å². The first kappa shape index (κ1) is 24.4. The number of aliphatic hydroxyl groups excluding tert-OH is 2. The predicted molar refractivity (Wildman–Crippen MR) is 109 cm³/mol. The molecule has 0 aromatic carbocycles. The van der Waals surface area contributed by atoms with Crippen LogP contribution in [0.4, 0.5) is 5.82 Å². The molecular weight excluding hydrogens is 421 g/mol. The second-order valence-corrected chi connectivity index (χ2v) is 8.77. The van der Waals surface area contributed by atoms with Crippen molar-refractivity contribution in [1.29, 1.82) is 0 Å². The highest BCUT2D eigenvalue weighted by Gasteiger charge is 2.44. The maximum absolute atomic E-state index is 12.0. The summed E-state index contributed by atoms with van der Waals surface area (Å²) in [5.41, 5.74) is 5.55. The van der Waals surface area contributed by atoms with Gasteiger partial charge in [0.1, 0.15) is 24.1 Å². The Labute approximate surface area is 175 Å². The lowest BCUT2D eigenvalue weighted by Gasteiger charge is -2.18. The van der Waals surface area contributed by atoms with Crippen LogP contribution >= 0.6 is 20.0 Å². The molecule has 0 spiro atoms. The number of unbranched alkanes of at least 4 members (excludes halogenated alkanes) is 5. The van der Waals surface area contributed by atoms with Gasteiger partial charge in [-0.25, -0.2) is 9.55 Å². The summed E-state index contributed by atoms with van der Waals surface area (Å²) in [5.74, 6) is 0.211. The van der Waals surface area contributed by atoms with E-state index in [9.17, 15) is 19.7 Å². The van der Waals surface area contributed by atoms with Crippen molar-refractivity contribution in [2.24, 2.45) is 0 Å². The van der Waals surface area contributed by atoms with Gasteiger partial charge < -0.3 is 25.6 Å². The second-order valence-electron chi connectivity index (χ2n) is 6.95. The Bertz CT molecular complexity index is 750. The molecule has 10 nitrogen and oxygen atoms in total. The van der Waals surface area contributed by atoms with Gasteiger partial charge in [0.2, 0.25) is 4.77 Å². The number of hydrogen-bond acceptors (Lipinski definition) is 9. The molecule has 2 rings (SSSR count). The van der Waals surface area contributed by atoms with Gasteiger partial charge >= 0.3 is 7.82 Å². The van der Waals surface area contributed by atoms with Crippen molar-refractivity contribution in [3.8, 4) is 0 Å². The summed E-state index contributed by atoms with van der Waals surface area (Å²) in [4.78, 5) is 13.7. The molecule has 1 aromatic rings. The zero-order chi connectivity index (χ0) is 21.4. The van der Waals surface area contributed by atoms with Crippen LogP contribution in [-0.2, 0) is 18.3 Å². The number of hydrogen-bond donors (Lipinski definition) is 4. The summed E-state index contributed by atoms with van der Waals surface area (Å²) in [6, 6.07) is 1.47. The van der Waals surface area contributed by atoms with E-state index in [0.29, 0.717) is 6.42 Å². The summed E-state index contributed by atoms with van der Waals surface area (Å²) >= 11 is 5.09. The van der Waals surface area contributed by atoms with E-state index in [2.05, 4.69) is 11.9 Å². The van der Waals surface area contributed by atoms with Gasteiger partial charge in [0.25, 0.3) is 0 Å². The number of nitrogens with two attached hydrogens (primary N) is 1. The smallest absolute Gasteiger partial charge is 0.387 e. The van der Waals surface area contributed by atoms with Crippen LogP contribution in [0.1, 0.15) is 51.7 Å². The highest BCUT2D eigenvalue weighted by atomic mass is 32.1. The van der Waals surface area contributed by atoms with Gasteiger partial charge in [-0.2, -0.15) is 0 Å². The van der Waals surface area contributed by atoms with Crippen LogP contribution in [0.3, 0.4) is 0 Å². The quantitative estimate of drug-likeness (QED) is 0.212. The molecule has 0 radical (unpaired) electrons. The molecule has 5 N–H and O–H groups in total. The lowest BCUT2D eigenvalue weighted by molar-refractivity contribution is -0.0543. The van der Waals surface area contributed by atoms with E-state index in [0.717, 1.165) is 25.7 Å². The number of aliphatic hydroxyl groups is 2. The van der Waals surface area contributed by atoms with E-state index in [-0.39, 0.29) is 17.2 Å². The number of rotatable bonds is 12. The Morgan fingerprint density at radius 2 is 1.93 bits per heavy atom. The minimum Gasteiger partial charge on any atom is -0.387 e. The van der Waals surface area contributed by atoms with Gasteiger partial charge in [-0.1, -0.05) is 39.0 Å². The van der Waals surface area contributed by atoms with E-state index in [1.54, 1.807) is 0 Å². The number of aromatic nitrogens is 2. The SMILES string of the molecule is CCCCCCCCOP(=O)(O)OC[C@H]1O[C@@H](n2ccc(N)nc2=S)[C@@H](O)[C@@H]1O. The van der Waals surface area contributed by atoms with Gasteiger partial charge in [-0.3, -0.25) is 13.6 Å². The lowest BCUT2D eigenvalue weighted by Crippen LogP contribution is -2.33. The van der Waals surface area contributed by atoms with Crippen LogP contribution in [-0.4, -0.2) is 56.2 Å². The first-order valence-corrected chi connectivity index (χ1v) is 11.6. The number of nitrogens with zero attached hydrogens (tertiary/aromatic N) is 2. The maximum Gasteiger partial charge on any atom is 0.472 e. The van der Waals surface area contributed by atoms with Crippen molar-refractivity contribution in [1.82, 2.24) is 9.55 Å². The van der Waals surface area contributed by atoms with Gasteiger partial charge in [0.15, 0.2) is 6.23 Å². The number of phosphoric acid groups is 1. The number of anilines is 1. The summed E-state index contributed by atoms with van der Waals surface area (Å²) in [5, 5.41) is 20.4. The zero-order valence-electron chi connectivity index (χ0n) is 16.4. The van der Waals surface area contributed by atoms with Crippen LogP contribution < -0.4 is 5.73 Å². The molecule has 1 aliphatic rings. The van der Waals surface area contributed by atoms with Crippen LogP contribution in [0.25, 0.3) is 0 Å². The number of nitrogen functional groups attached to an aromatic ring is 1. The zero-order valence-corrected chi connectivity index (χ0v) is 18.1. The van der Waals surface area contributed by atoms with Gasteiger partial charge in [-0.15, -0.1) is 0 Å². The molecule has 1 aliphatic heterocycles. The topological polar surface area (TPSA) is 149 Å². The molecule has 2 heterocycles.